The molecule has 0 saturated heterocycles. The van der Waals surface area contributed by atoms with Crippen molar-refractivity contribution in [2.24, 2.45) is 10.4 Å². The van der Waals surface area contributed by atoms with E-state index in [0.717, 1.165) is 15.1 Å². The molecule has 0 aliphatic heterocycles. The Morgan fingerprint density at radius 1 is 1.80 bits per heavy atom. The quantitative estimate of drug-likeness (QED) is 0.544. The van der Waals surface area contributed by atoms with Crippen molar-refractivity contribution in [1.82, 2.24) is 4.86 Å². The van der Waals surface area contributed by atoms with Crippen LogP contribution in [0.2, 0.25) is 0 Å². The van der Waals surface area contributed by atoms with Gasteiger partial charge in [-0.1, -0.05) is 13.8 Å². The lowest BCUT2D eigenvalue weighted by Gasteiger charge is -2.03. The summed E-state index contributed by atoms with van der Waals surface area (Å²) in [6, 6.07) is 0. The first-order valence-electron chi connectivity index (χ1n) is 2.99. The van der Waals surface area contributed by atoms with Crippen molar-refractivity contribution in [2.45, 2.75) is 13.8 Å². The van der Waals surface area contributed by atoms with Crippen LogP contribution in [0.4, 0.5) is 0 Å². The monoisotopic (exact) mass is 198 g/mol. The van der Waals surface area contributed by atoms with Gasteiger partial charge in [-0.2, -0.15) is 0 Å². The Bertz CT molecular complexity index is 98.5. The summed E-state index contributed by atoms with van der Waals surface area (Å²) in [6.07, 6.45) is 0. The lowest BCUT2D eigenvalue weighted by molar-refractivity contribution is 0.305. The average molecular weight is 198 g/mol. The van der Waals surface area contributed by atoms with Gasteiger partial charge in [0.05, 0.1) is 24.1 Å². The summed E-state index contributed by atoms with van der Waals surface area (Å²) in [7, 11) is 3.51. The normalized spacial score (nSPS) is 12.8. The number of nitrogens with zero attached hydrogens (tertiary/aromatic N) is 1. The zero-order valence-corrected chi connectivity index (χ0v) is 9.21. The van der Waals surface area contributed by atoms with Crippen LogP contribution in [0.5, 0.6) is 0 Å². The van der Waals surface area contributed by atoms with E-state index in [4.69, 9.17) is 4.52 Å². The van der Waals surface area contributed by atoms with Gasteiger partial charge in [-0.15, -0.1) is 0 Å². The van der Waals surface area contributed by atoms with E-state index in [1.165, 1.54) is 0 Å². The van der Waals surface area contributed by atoms with Gasteiger partial charge in [-0.3, -0.25) is 0 Å². The molecule has 0 saturated carbocycles. The minimum atomic E-state index is 0.362. The Kier molecular flexibility index (Phi) is 8.68. The molecule has 2 atom stereocenters. The molecular formula is C4H13N2OP3. The van der Waals surface area contributed by atoms with Crippen LogP contribution >= 0.6 is 26.9 Å². The zero-order valence-electron chi connectivity index (χ0n) is 6.16. The summed E-state index contributed by atoms with van der Waals surface area (Å²) in [5.74, 6) is 0.610. The molecule has 0 aliphatic carbocycles. The predicted octanol–water partition coefficient (Wildman–Crippen LogP) is 2.59. The number of nitrogens with one attached hydrogen (secondary N) is 1. The third-order valence-corrected chi connectivity index (χ3v) is 2.18. The highest BCUT2D eigenvalue weighted by Crippen LogP contribution is 2.14. The zero-order chi connectivity index (χ0) is 7.82. The van der Waals surface area contributed by atoms with Gasteiger partial charge in [0.1, 0.15) is 0 Å². The van der Waals surface area contributed by atoms with E-state index in [0.29, 0.717) is 14.9 Å². The fraction of sp³-hybridized carbons (Fsp3) is 1.00. The van der Waals surface area contributed by atoms with Gasteiger partial charge in [-0.25, -0.2) is 9.37 Å². The van der Waals surface area contributed by atoms with Crippen molar-refractivity contribution < 1.29 is 4.52 Å². The van der Waals surface area contributed by atoms with Gasteiger partial charge < -0.3 is 4.52 Å². The molecular weight excluding hydrogens is 185 g/mol. The third kappa shape index (κ3) is 8.88. The Morgan fingerprint density at radius 3 is 3.00 bits per heavy atom. The first kappa shape index (κ1) is 10.9. The van der Waals surface area contributed by atoms with Crippen LogP contribution < -0.4 is 4.86 Å². The lowest BCUT2D eigenvalue weighted by atomic mass is 10.2. The van der Waals surface area contributed by atoms with Gasteiger partial charge in [0.2, 0.25) is 0 Å². The largest absolute Gasteiger partial charge is 0.346 e. The van der Waals surface area contributed by atoms with Gasteiger partial charge >= 0.3 is 0 Å². The van der Waals surface area contributed by atoms with Crippen LogP contribution in [0.3, 0.4) is 0 Å². The van der Waals surface area contributed by atoms with Gasteiger partial charge in [-0.05, 0) is 15.3 Å². The number of hydrogen-bond acceptors (Lipinski definition) is 2. The minimum Gasteiger partial charge on any atom is -0.346 e. The molecule has 0 rings (SSSR count). The van der Waals surface area contributed by atoms with Crippen LogP contribution in [0.25, 0.3) is 0 Å². The van der Waals surface area contributed by atoms with Crippen LogP contribution in [-0.4, -0.2) is 6.61 Å². The van der Waals surface area contributed by atoms with Crippen molar-refractivity contribution in [1.29, 1.82) is 0 Å². The van der Waals surface area contributed by atoms with Crippen LogP contribution in [0, 0.1) is 5.92 Å². The molecule has 0 aromatic heterocycles. The van der Waals surface area contributed by atoms with Crippen molar-refractivity contribution >= 4 is 26.9 Å². The van der Waals surface area contributed by atoms with Crippen molar-refractivity contribution in [3.63, 3.8) is 0 Å². The summed E-state index contributed by atoms with van der Waals surface area (Å²) in [4.78, 5) is 2.98. The van der Waals surface area contributed by atoms with E-state index < -0.39 is 0 Å². The average Bonchev–Trinajstić information content (AvgIpc) is 1.87. The third-order valence-electron chi connectivity index (χ3n) is 0.642. The molecule has 0 aliphatic rings. The first-order chi connectivity index (χ1) is 4.77. The SMILES string of the molecule is CC(C)COPNP=NP. The molecule has 0 heterocycles. The maximum atomic E-state index is 5.24. The van der Waals surface area contributed by atoms with E-state index in [1.807, 2.05) is 0 Å². The molecule has 0 amide bonds. The Hall–Kier alpha value is 0.880. The molecule has 60 valence electrons. The molecule has 0 aromatic carbocycles. The first-order valence-corrected chi connectivity index (χ1v) is 5.26. The summed E-state index contributed by atoms with van der Waals surface area (Å²) in [5.41, 5.74) is 0. The second-order valence-electron chi connectivity index (χ2n) is 2.13. The highest BCUT2D eigenvalue weighted by molar-refractivity contribution is 7.46. The van der Waals surface area contributed by atoms with E-state index in [2.05, 4.69) is 32.6 Å². The van der Waals surface area contributed by atoms with E-state index in [9.17, 15) is 0 Å². The van der Waals surface area contributed by atoms with Gasteiger partial charge in [0, 0.05) is 0 Å². The molecule has 0 bridgehead atoms. The van der Waals surface area contributed by atoms with Gasteiger partial charge in [0.15, 0.2) is 0 Å². The minimum absolute atomic E-state index is 0.362. The van der Waals surface area contributed by atoms with E-state index in [1.54, 1.807) is 0 Å². The fourth-order valence-electron chi connectivity index (χ4n) is 0.290. The van der Waals surface area contributed by atoms with Crippen LogP contribution in [0.1, 0.15) is 13.8 Å². The fourth-order valence-corrected chi connectivity index (χ4v) is 1.88. The second kappa shape index (κ2) is 7.98. The van der Waals surface area contributed by atoms with Crippen molar-refractivity contribution in [3.8, 4) is 0 Å². The van der Waals surface area contributed by atoms with E-state index >= 15 is 0 Å². The lowest BCUT2D eigenvalue weighted by Crippen LogP contribution is -1.96. The molecule has 3 nitrogen and oxygen atoms in total. The Balaban J connectivity index is 2.91. The summed E-state index contributed by atoms with van der Waals surface area (Å²) >= 11 is 0. The summed E-state index contributed by atoms with van der Waals surface area (Å²) < 4.78 is 8.99. The standard InChI is InChI=1S/C4H13N2OP3/c1-4(2)3-7-10-6-9-5-8/h4,10H,3,8H2,1-2H3,(H,5,6). The highest BCUT2D eigenvalue weighted by atomic mass is 31.1. The maximum absolute atomic E-state index is 5.24. The maximum Gasteiger partial charge on any atom is 0.0994 e. The molecule has 10 heavy (non-hydrogen) atoms. The predicted molar refractivity (Wildman–Crippen MR) is 51.3 cm³/mol. The molecule has 0 fully saturated rings. The van der Waals surface area contributed by atoms with Crippen LogP contribution in [-0.2, 0) is 4.52 Å². The smallest absolute Gasteiger partial charge is 0.0994 e. The summed E-state index contributed by atoms with van der Waals surface area (Å²) in [5, 5.41) is 0. The topological polar surface area (TPSA) is 33.6 Å². The number of rotatable bonds is 5. The number of hydrogen-bond donors (Lipinski definition) is 1. The Morgan fingerprint density at radius 2 is 2.50 bits per heavy atom. The molecule has 6 heteroatoms. The molecule has 0 radical (unpaired) electrons. The molecule has 2 unspecified atom stereocenters. The highest BCUT2D eigenvalue weighted by Gasteiger charge is 1.91. The summed E-state index contributed by atoms with van der Waals surface area (Å²) in [6.45, 7) is 5.07. The molecule has 1 N–H and O–H groups in total. The Labute approximate surface area is 67.8 Å². The molecule has 0 aromatic rings. The van der Waals surface area contributed by atoms with Gasteiger partial charge in [0.25, 0.3) is 0 Å². The second-order valence-corrected chi connectivity index (χ2v) is 4.65. The molecule has 0 spiro atoms. The van der Waals surface area contributed by atoms with Crippen molar-refractivity contribution in [2.75, 3.05) is 6.61 Å². The van der Waals surface area contributed by atoms with Crippen LogP contribution in [0.15, 0.2) is 4.52 Å². The van der Waals surface area contributed by atoms with E-state index in [-0.39, 0.29) is 0 Å². The van der Waals surface area contributed by atoms with Crippen molar-refractivity contribution in [3.05, 3.63) is 0 Å².